The smallest absolute Gasteiger partial charge is 0.187 e. The molecule has 23 heavy (non-hydrogen) atoms. The Labute approximate surface area is 130 Å². The SMILES string of the molecule is O=C[C@@H](O)[C@@H](OC1O[C@H](CO)[C@@H](O)[C@H](O)[C@H]1O)[C@H](O)[C@H](O)CO. The molecule has 0 bridgehead atoms. The molecule has 0 saturated carbocycles. The lowest BCUT2D eigenvalue weighted by atomic mass is 9.98. The van der Waals surface area contributed by atoms with Crippen molar-refractivity contribution in [3.05, 3.63) is 0 Å². The Morgan fingerprint density at radius 1 is 1.04 bits per heavy atom. The standard InChI is InChI=1S/C12H22O11/c13-1-4(16)7(18)11(5(17)2-14)23-12-10(21)9(20)8(19)6(3-15)22-12/h2,4-13,15-21H,1,3H2/t4-,5-,6-,7-,8-,9+,10-,11-,12?/m1/s1. The molecule has 8 N–H and O–H groups in total. The summed E-state index contributed by atoms with van der Waals surface area (Å²) >= 11 is 0. The Hall–Kier alpha value is -0.730. The maximum absolute atomic E-state index is 10.7. The molecule has 1 aliphatic rings. The fraction of sp³-hybridized carbons (Fsp3) is 0.917. The van der Waals surface area contributed by atoms with Crippen LogP contribution in [0.4, 0.5) is 0 Å². The zero-order valence-corrected chi connectivity index (χ0v) is 12.0. The molecule has 0 aromatic carbocycles. The molecule has 0 aliphatic carbocycles. The van der Waals surface area contributed by atoms with E-state index in [2.05, 4.69) is 0 Å². The van der Waals surface area contributed by atoms with Crippen molar-refractivity contribution in [3.63, 3.8) is 0 Å². The first-order chi connectivity index (χ1) is 10.8. The summed E-state index contributed by atoms with van der Waals surface area (Å²) in [6.45, 7) is -1.63. The maximum atomic E-state index is 10.7. The van der Waals surface area contributed by atoms with Gasteiger partial charge in [-0.2, -0.15) is 0 Å². The first-order valence-electron chi connectivity index (χ1n) is 6.84. The minimum Gasteiger partial charge on any atom is -0.394 e. The molecular weight excluding hydrogens is 320 g/mol. The summed E-state index contributed by atoms with van der Waals surface area (Å²) in [5.41, 5.74) is 0. The molecule has 136 valence electrons. The van der Waals surface area contributed by atoms with Crippen LogP contribution in [-0.2, 0) is 14.3 Å². The largest absolute Gasteiger partial charge is 0.394 e. The molecule has 11 nitrogen and oxygen atoms in total. The van der Waals surface area contributed by atoms with Gasteiger partial charge >= 0.3 is 0 Å². The average molecular weight is 342 g/mol. The van der Waals surface area contributed by atoms with E-state index in [9.17, 15) is 35.4 Å². The van der Waals surface area contributed by atoms with Crippen LogP contribution in [0, 0.1) is 0 Å². The van der Waals surface area contributed by atoms with Crippen molar-refractivity contribution in [2.24, 2.45) is 0 Å². The van der Waals surface area contributed by atoms with Crippen molar-refractivity contribution in [3.8, 4) is 0 Å². The van der Waals surface area contributed by atoms with Crippen LogP contribution in [0.15, 0.2) is 0 Å². The summed E-state index contributed by atoms with van der Waals surface area (Å²) < 4.78 is 10.0. The topological polar surface area (TPSA) is 197 Å². The molecule has 0 aromatic heterocycles. The molecule has 1 unspecified atom stereocenters. The molecule has 0 radical (unpaired) electrons. The number of carbonyl (C=O) groups is 1. The van der Waals surface area contributed by atoms with Crippen LogP contribution in [0.3, 0.4) is 0 Å². The van der Waals surface area contributed by atoms with Gasteiger partial charge in [0.15, 0.2) is 12.6 Å². The molecule has 1 saturated heterocycles. The lowest BCUT2D eigenvalue weighted by Gasteiger charge is -2.41. The second-order valence-corrected chi connectivity index (χ2v) is 5.17. The zero-order valence-electron chi connectivity index (χ0n) is 12.0. The van der Waals surface area contributed by atoms with Crippen LogP contribution < -0.4 is 0 Å². The van der Waals surface area contributed by atoms with Crippen LogP contribution >= 0.6 is 0 Å². The van der Waals surface area contributed by atoms with E-state index in [1.807, 2.05) is 0 Å². The van der Waals surface area contributed by atoms with Crippen molar-refractivity contribution < 1.29 is 55.1 Å². The highest BCUT2D eigenvalue weighted by atomic mass is 16.7. The molecule has 0 aromatic rings. The molecular formula is C12H22O11. The molecule has 0 amide bonds. The Kier molecular flexibility index (Phi) is 7.89. The van der Waals surface area contributed by atoms with E-state index in [0.29, 0.717) is 0 Å². The van der Waals surface area contributed by atoms with Gasteiger partial charge in [0.1, 0.15) is 48.8 Å². The molecule has 9 atom stereocenters. The van der Waals surface area contributed by atoms with E-state index >= 15 is 0 Å². The third-order valence-electron chi connectivity index (χ3n) is 3.53. The van der Waals surface area contributed by atoms with Gasteiger partial charge in [-0.05, 0) is 0 Å². The van der Waals surface area contributed by atoms with E-state index < -0.39 is 68.3 Å². The number of rotatable bonds is 8. The van der Waals surface area contributed by atoms with Crippen molar-refractivity contribution >= 4 is 6.29 Å². The first-order valence-corrected chi connectivity index (χ1v) is 6.84. The molecule has 0 spiro atoms. The summed E-state index contributed by atoms with van der Waals surface area (Å²) in [5.74, 6) is 0. The van der Waals surface area contributed by atoms with Crippen molar-refractivity contribution in [1.82, 2.24) is 0 Å². The summed E-state index contributed by atoms with van der Waals surface area (Å²) in [5, 5.41) is 75.6. The maximum Gasteiger partial charge on any atom is 0.187 e. The molecule has 1 heterocycles. The first kappa shape index (κ1) is 20.3. The van der Waals surface area contributed by atoms with Crippen LogP contribution in [0.2, 0.25) is 0 Å². The van der Waals surface area contributed by atoms with Crippen LogP contribution in [0.1, 0.15) is 0 Å². The summed E-state index contributed by atoms with van der Waals surface area (Å²) in [6, 6.07) is 0. The normalized spacial score (nSPS) is 37.0. The van der Waals surface area contributed by atoms with Gasteiger partial charge in [0.2, 0.25) is 0 Å². The van der Waals surface area contributed by atoms with Gasteiger partial charge in [0.05, 0.1) is 13.2 Å². The number of ether oxygens (including phenoxy) is 2. The predicted molar refractivity (Wildman–Crippen MR) is 69.8 cm³/mol. The third kappa shape index (κ3) is 4.64. The highest BCUT2D eigenvalue weighted by Crippen LogP contribution is 2.24. The minimum absolute atomic E-state index is 0.0119. The van der Waals surface area contributed by atoms with Gasteiger partial charge in [-0.1, -0.05) is 0 Å². The number of aliphatic hydroxyl groups is 8. The number of hydrogen-bond donors (Lipinski definition) is 8. The number of aliphatic hydroxyl groups excluding tert-OH is 8. The summed E-state index contributed by atoms with van der Waals surface area (Å²) in [4.78, 5) is 10.7. The average Bonchev–Trinajstić information content (AvgIpc) is 2.57. The zero-order chi connectivity index (χ0) is 17.7. The van der Waals surface area contributed by atoms with Crippen molar-refractivity contribution in [1.29, 1.82) is 0 Å². The van der Waals surface area contributed by atoms with Gasteiger partial charge in [-0.15, -0.1) is 0 Å². The van der Waals surface area contributed by atoms with E-state index in [1.54, 1.807) is 0 Å². The number of carbonyl (C=O) groups excluding carboxylic acids is 1. The molecule has 1 aliphatic heterocycles. The lowest BCUT2D eigenvalue weighted by Crippen LogP contribution is -2.61. The predicted octanol–water partition coefficient (Wildman–Crippen LogP) is -5.55. The van der Waals surface area contributed by atoms with Gasteiger partial charge in [0, 0.05) is 0 Å². The Morgan fingerprint density at radius 2 is 1.65 bits per heavy atom. The van der Waals surface area contributed by atoms with Crippen LogP contribution in [0.25, 0.3) is 0 Å². The van der Waals surface area contributed by atoms with Gasteiger partial charge in [-0.3, -0.25) is 0 Å². The van der Waals surface area contributed by atoms with Gasteiger partial charge in [-0.25, -0.2) is 0 Å². The highest BCUT2D eigenvalue weighted by Gasteiger charge is 2.46. The van der Waals surface area contributed by atoms with Crippen LogP contribution in [-0.4, -0.2) is 115 Å². The number of aldehydes is 1. The van der Waals surface area contributed by atoms with E-state index in [0.717, 1.165) is 0 Å². The fourth-order valence-electron chi connectivity index (χ4n) is 2.10. The fourth-order valence-corrected chi connectivity index (χ4v) is 2.10. The van der Waals surface area contributed by atoms with E-state index in [1.165, 1.54) is 0 Å². The second-order valence-electron chi connectivity index (χ2n) is 5.17. The molecule has 1 rings (SSSR count). The summed E-state index contributed by atoms with van der Waals surface area (Å²) in [6.07, 6.45) is -15.7. The Balaban J connectivity index is 2.91. The minimum atomic E-state index is -1.95. The molecule has 1 fully saturated rings. The second kappa shape index (κ2) is 8.94. The third-order valence-corrected chi connectivity index (χ3v) is 3.53. The van der Waals surface area contributed by atoms with E-state index in [4.69, 9.17) is 19.7 Å². The lowest BCUT2D eigenvalue weighted by molar-refractivity contribution is -0.324. The monoisotopic (exact) mass is 342 g/mol. The van der Waals surface area contributed by atoms with Gasteiger partial charge in [0.25, 0.3) is 0 Å². The van der Waals surface area contributed by atoms with Gasteiger partial charge < -0.3 is 55.1 Å². The van der Waals surface area contributed by atoms with Crippen molar-refractivity contribution in [2.45, 2.75) is 55.1 Å². The number of hydrogen-bond acceptors (Lipinski definition) is 11. The summed E-state index contributed by atoms with van der Waals surface area (Å²) in [7, 11) is 0. The Bertz CT molecular complexity index is 365. The quantitative estimate of drug-likeness (QED) is 0.196. The van der Waals surface area contributed by atoms with Crippen molar-refractivity contribution in [2.75, 3.05) is 13.2 Å². The Morgan fingerprint density at radius 3 is 2.13 bits per heavy atom. The van der Waals surface area contributed by atoms with Crippen LogP contribution in [0.5, 0.6) is 0 Å². The molecule has 11 heteroatoms. The highest BCUT2D eigenvalue weighted by molar-refractivity contribution is 5.56. The van der Waals surface area contributed by atoms with E-state index in [-0.39, 0.29) is 6.29 Å².